The van der Waals surface area contributed by atoms with Gasteiger partial charge in [-0.2, -0.15) is 9.90 Å². The first-order valence-electron chi connectivity index (χ1n) is 10.4. The zero-order valence-electron chi connectivity index (χ0n) is 16.8. The fourth-order valence-corrected chi connectivity index (χ4v) is 6.60. The van der Waals surface area contributed by atoms with Crippen molar-refractivity contribution in [1.29, 1.82) is 0 Å². The van der Waals surface area contributed by atoms with Gasteiger partial charge in [0.1, 0.15) is 0 Å². The Morgan fingerprint density at radius 1 is 1.23 bits per heavy atom. The summed E-state index contributed by atoms with van der Waals surface area (Å²) in [7, 11) is 0. The molecule has 160 valence electrons. The Labute approximate surface area is 182 Å². The number of tetrazole rings is 1. The van der Waals surface area contributed by atoms with Crippen LogP contribution < -0.4 is 10.9 Å². The Bertz CT molecular complexity index is 944. The average molecular weight is 477 g/mol. The Kier molecular flexibility index (Phi) is 4.68. The molecule has 0 radical (unpaired) electrons. The summed E-state index contributed by atoms with van der Waals surface area (Å²) < 4.78 is 2.56. The number of rotatable bonds is 5. The third-order valence-electron chi connectivity index (χ3n) is 7.09. The van der Waals surface area contributed by atoms with Gasteiger partial charge in [-0.25, -0.2) is 0 Å². The highest BCUT2D eigenvalue weighted by Crippen LogP contribution is 2.63. The van der Waals surface area contributed by atoms with Crippen molar-refractivity contribution in [2.24, 2.45) is 23.2 Å². The zero-order valence-corrected chi connectivity index (χ0v) is 18.4. The molecule has 0 spiro atoms. The molecule has 2 unspecified atom stereocenters. The maximum absolute atomic E-state index is 13.3. The van der Waals surface area contributed by atoms with E-state index in [0.717, 1.165) is 36.6 Å². The number of hydrazine groups is 1. The lowest BCUT2D eigenvalue weighted by Crippen LogP contribution is -2.63. The molecule has 5 atom stereocenters. The fraction of sp³-hybridized carbons (Fsp3) is 0.684. The lowest BCUT2D eigenvalue weighted by molar-refractivity contribution is -0.159. The molecule has 2 N–H and O–H groups in total. The molecule has 11 heteroatoms. The quantitative estimate of drug-likeness (QED) is 0.629. The largest absolute Gasteiger partial charge is 0.273 e. The van der Waals surface area contributed by atoms with Gasteiger partial charge >= 0.3 is 0 Å². The Morgan fingerprint density at radius 3 is 2.63 bits per heavy atom. The van der Waals surface area contributed by atoms with E-state index in [-0.39, 0.29) is 23.3 Å². The summed E-state index contributed by atoms with van der Waals surface area (Å²) in [6.07, 6.45) is 10.5. The predicted molar refractivity (Wildman–Crippen MR) is 108 cm³/mol. The molecular weight excluding hydrogens is 452 g/mol. The van der Waals surface area contributed by atoms with Crippen LogP contribution >= 0.6 is 15.9 Å². The summed E-state index contributed by atoms with van der Waals surface area (Å²) in [5.41, 5.74) is 4.65. The van der Waals surface area contributed by atoms with Crippen LogP contribution in [0.2, 0.25) is 0 Å². The molecule has 30 heavy (non-hydrogen) atoms. The van der Waals surface area contributed by atoms with Gasteiger partial charge in [0.2, 0.25) is 11.8 Å². The van der Waals surface area contributed by atoms with Gasteiger partial charge in [-0.05, 0) is 71.5 Å². The van der Waals surface area contributed by atoms with Gasteiger partial charge in [0.05, 0.1) is 34.1 Å². The summed E-state index contributed by atoms with van der Waals surface area (Å²) in [6, 6.07) is 0. The van der Waals surface area contributed by atoms with Crippen LogP contribution in [0.15, 0.2) is 23.2 Å². The highest BCUT2D eigenvalue weighted by molar-refractivity contribution is 9.10. The van der Waals surface area contributed by atoms with Crippen molar-refractivity contribution in [2.75, 3.05) is 0 Å². The SMILES string of the molecule is C[C@H](Cn1cc(Br)cn1)C(=O)NNC(=O)C12C[C@H]3C[C@@H](C1)CC(n1ncnn1)(C3)C2. The molecule has 2 amide bonds. The second-order valence-electron chi connectivity index (χ2n) is 9.42. The Morgan fingerprint density at radius 2 is 2.00 bits per heavy atom. The Balaban J connectivity index is 1.25. The van der Waals surface area contributed by atoms with Crippen molar-refractivity contribution in [1.82, 2.24) is 40.8 Å². The van der Waals surface area contributed by atoms with Gasteiger partial charge in [0.15, 0.2) is 6.33 Å². The number of hydrogen-bond donors (Lipinski definition) is 2. The van der Waals surface area contributed by atoms with E-state index in [0.29, 0.717) is 24.8 Å². The van der Waals surface area contributed by atoms with E-state index in [1.165, 1.54) is 6.33 Å². The number of carbonyl (C=O) groups is 2. The monoisotopic (exact) mass is 476 g/mol. The van der Waals surface area contributed by atoms with Gasteiger partial charge in [-0.1, -0.05) is 6.92 Å². The molecule has 0 aromatic carbocycles. The normalized spacial score (nSPS) is 32.7. The molecule has 4 aliphatic rings. The van der Waals surface area contributed by atoms with Crippen molar-refractivity contribution < 1.29 is 9.59 Å². The van der Waals surface area contributed by atoms with Crippen molar-refractivity contribution in [3.05, 3.63) is 23.2 Å². The summed E-state index contributed by atoms with van der Waals surface area (Å²) in [5.74, 6) is 0.307. The minimum absolute atomic E-state index is 0.0940. The van der Waals surface area contributed by atoms with Crippen LogP contribution in [-0.4, -0.2) is 41.8 Å². The van der Waals surface area contributed by atoms with Gasteiger partial charge in [0.25, 0.3) is 0 Å². The van der Waals surface area contributed by atoms with Gasteiger partial charge in [0, 0.05) is 6.20 Å². The van der Waals surface area contributed by atoms with E-state index in [2.05, 4.69) is 47.3 Å². The molecule has 4 bridgehead atoms. The van der Waals surface area contributed by atoms with E-state index in [4.69, 9.17) is 0 Å². The second kappa shape index (κ2) is 7.14. The number of hydrogen-bond acceptors (Lipinski definition) is 6. The lowest BCUT2D eigenvalue weighted by atomic mass is 9.46. The van der Waals surface area contributed by atoms with E-state index in [1.54, 1.807) is 15.7 Å². The topological polar surface area (TPSA) is 120 Å². The van der Waals surface area contributed by atoms with Gasteiger partial charge in [-0.3, -0.25) is 25.1 Å². The van der Waals surface area contributed by atoms with E-state index < -0.39 is 5.41 Å². The van der Waals surface area contributed by atoms with Crippen LogP contribution in [0.4, 0.5) is 0 Å². The number of amides is 2. The molecule has 6 rings (SSSR count). The van der Waals surface area contributed by atoms with Gasteiger partial charge in [-0.15, -0.1) is 10.2 Å². The summed E-state index contributed by atoms with van der Waals surface area (Å²) in [4.78, 5) is 27.5. The number of nitrogens with one attached hydrogen (secondary N) is 2. The number of aromatic nitrogens is 6. The van der Waals surface area contributed by atoms with Crippen molar-refractivity contribution in [3.63, 3.8) is 0 Å². The molecule has 4 fully saturated rings. The van der Waals surface area contributed by atoms with Crippen LogP contribution in [-0.2, 0) is 21.7 Å². The minimum atomic E-state index is -0.485. The molecule has 2 aromatic heterocycles. The van der Waals surface area contributed by atoms with Gasteiger partial charge < -0.3 is 0 Å². The number of halogens is 1. The first-order valence-corrected chi connectivity index (χ1v) is 11.2. The van der Waals surface area contributed by atoms with Crippen LogP contribution in [0.1, 0.15) is 45.4 Å². The zero-order chi connectivity index (χ0) is 20.9. The predicted octanol–water partition coefficient (Wildman–Crippen LogP) is 1.41. The minimum Gasteiger partial charge on any atom is -0.273 e. The molecule has 0 saturated heterocycles. The van der Waals surface area contributed by atoms with Crippen molar-refractivity contribution in [3.8, 4) is 0 Å². The van der Waals surface area contributed by atoms with Crippen molar-refractivity contribution in [2.45, 2.75) is 57.5 Å². The van der Waals surface area contributed by atoms with E-state index >= 15 is 0 Å². The molecule has 0 aliphatic heterocycles. The highest BCUT2D eigenvalue weighted by atomic mass is 79.9. The van der Waals surface area contributed by atoms with Crippen molar-refractivity contribution >= 4 is 27.7 Å². The fourth-order valence-electron chi connectivity index (χ4n) is 6.27. The average Bonchev–Trinajstić information content (AvgIpc) is 3.37. The van der Waals surface area contributed by atoms with E-state index in [1.807, 2.05) is 13.1 Å². The molecule has 2 heterocycles. The maximum Gasteiger partial charge on any atom is 0.244 e. The maximum atomic E-state index is 13.3. The molecule has 2 aromatic rings. The van der Waals surface area contributed by atoms with Crippen LogP contribution in [0, 0.1) is 23.2 Å². The molecule has 4 saturated carbocycles. The summed E-state index contributed by atoms with van der Waals surface area (Å²) >= 11 is 3.35. The first-order chi connectivity index (χ1) is 14.4. The molecule has 4 aliphatic carbocycles. The van der Waals surface area contributed by atoms with E-state index in [9.17, 15) is 9.59 Å². The summed E-state index contributed by atoms with van der Waals surface area (Å²) in [5, 5.41) is 16.6. The standard InChI is InChI=1S/C19H25BrN8O2/c1-12(8-27-9-15(20)7-22-27)16(29)24-25-17(30)18-3-13-2-14(4-18)6-19(5-13,10-18)28-23-11-21-26-28/h7,9,11-14H,2-6,8,10H2,1H3,(H,24,29)(H,25,30)/t12-,13-,14+,18?,19?/m1/s1. The second-order valence-corrected chi connectivity index (χ2v) is 10.3. The number of nitrogens with zero attached hydrogens (tertiary/aromatic N) is 6. The lowest BCUT2D eigenvalue weighted by Gasteiger charge is -2.60. The third kappa shape index (κ3) is 3.32. The molecular formula is C19H25BrN8O2. The first kappa shape index (κ1) is 19.7. The van der Waals surface area contributed by atoms with Crippen LogP contribution in [0.3, 0.4) is 0 Å². The summed E-state index contributed by atoms with van der Waals surface area (Å²) in [6.45, 7) is 2.25. The van der Waals surface area contributed by atoms with Crippen LogP contribution in [0.25, 0.3) is 0 Å². The Hall–Kier alpha value is -2.30. The molecule has 10 nitrogen and oxygen atoms in total. The highest BCUT2D eigenvalue weighted by Gasteiger charge is 2.62. The number of carbonyl (C=O) groups excluding carboxylic acids is 2. The third-order valence-corrected chi connectivity index (χ3v) is 7.50. The van der Waals surface area contributed by atoms with Crippen LogP contribution in [0.5, 0.6) is 0 Å². The smallest absolute Gasteiger partial charge is 0.244 e.